The van der Waals surface area contributed by atoms with Crippen molar-refractivity contribution >= 4 is 15.7 Å². The zero-order chi connectivity index (χ0) is 14.6. The zero-order valence-corrected chi connectivity index (χ0v) is 11.8. The highest BCUT2D eigenvalue weighted by atomic mass is 32.2. The summed E-state index contributed by atoms with van der Waals surface area (Å²) in [6.07, 6.45) is 0. The summed E-state index contributed by atoms with van der Waals surface area (Å²) in [7, 11) is -3.79. The van der Waals surface area contributed by atoms with Crippen LogP contribution >= 0.6 is 0 Å². The third-order valence-electron chi connectivity index (χ3n) is 2.53. The molecule has 3 N–H and O–H groups in total. The lowest BCUT2D eigenvalue weighted by Gasteiger charge is -2.07. The van der Waals surface area contributed by atoms with Gasteiger partial charge in [-0.2, -0.15) is 0 Å². The first kappa shape index (κ1) is 14.4. The van der Waals surface area contributed by atoms with Gasteiger partial charge < -0.3 is 14.5 Å². The van der Waals surface area contributed by atoms with E-state index in [1.54, 1.807) is 6.07 Å². The second kappa shape index (κ2) is 5.98. The van der Waals surface area contributed by atoms with Crippen molar-refractivity contribution in [3.05, 3.63) is 42.2 Å². The van der Waals surface area contributed by atoms with Crippen LogP contribution in [0.2, 0.25) is 0 Å². The highest BCUT2D eigenvalue weighted by Gasteiger charge is 2.12. The molecule has 6 nitrogen and oxygen atoms in total. The maximum Gasteiger partial charge on any atom is 0.271 e. The van der Waals surface area contributed by atoms with E-state index >= 15 is 0 Å². The van der Waals surface area contributed by atoms with Gasteiger partial charge in [0.25, 0.3) is 10.0 Å². The van der Waals surface area contributed by atoms with Crippen molar-refractivity contribution in [3.8, 4) is 5.75 Å². The van der Waals surface area contributed by atoms with Crippen molar-refractivity contribution in [2.75, 3.05) is 11.9 Å². The smallest absolute Gasteiger partial charge is 0.271 e. The Kier molecular flexibility index (Phi) is 4.31. The molecule has 2 aromatic rings. The second-order valence-corrected chi connectivity index (χ2v) is 5.57. The van der Waals surface area contributed by atoms with E-state index < -0.39 is 10.0 Å². The molecule has 0 atom stereocenters. The van der Waals surface area contributed by atoms with Gasteiger partial charge in [0.2, 0.25) is 5.09 Å². The number of nitrogens with one attached hydrogen (secondary N) is 1. The van der Waals surface area contributed by atoms with Crippen molar-refractivity contribution in [1.29, 1.82) is 0 Å². The van der Waals surface area contributed by atoms with Gasteiger partial charge in [-0.1, -0.05) is 6.07 Å². The first-order valence-corrected chi connectivity index (χ1v) is 7.62. The number of anilines is 1. The number of nitrogens with two attached hydrogens (primary N) is 1. The first-order valence-electron chi connectivity index (χ1n) is 6.07. The SMILES string of the molecule is CCOc1cccc(NCc2ccc(S(N)(=O)=O)o2)c1. The Morgan fingerprint density at radius 1 is 1.30 bits per heavy atom. The van der Waals surface area contributed by atoms with E-state index in [1.165, 1.54) is 6.07 Å². The molecular weight excluding hydrogens is 280 g/mol. The van der Waals surface area contributed by atoms with Crippen molar-refractivity contribution in [1.82, 2.24) is 0 Å². The largest absolute Gasteiger partial charge is 0.494 e. The molecule has 20 heavy (non-hydrogen) atoms. The number of hydrogen-bond donors (Lipinski definition) is 2. The molecule has 0 fully saturated rings. The molecule has 1 heterocycles. The third kappa shape index (κ3) is 3.75. The lowest BCUT2D eigenvalue weighted by atomic mass is 10.3. The van der Waals surface area contributed by atoms with E-state index in [2.05, 4.69) is 5.32 Å². The summed E-state index contributed by atoms with van der Waals surface area (Å²) in [4.78, 5) is 0. The van der Waals surface area contributed by atoms with Gasteiger partial charge in [0.15, 0.2) is 0 Å². The minimum atomic E-state index is -3.79. The monoisotopic (exact) mass is 296 g/mol. The predicted octanol–water partition coefficient (Wildman–Crippen LogP) is 1.94. The highest BCUT2D eigenvalue weighted by Crippen LogP contribution is 2.19. The average molecular weight is 296 g/mol. The summed E-state index contributed by atoms with van der Waals surface area (Å²) in [5, 5.41) is 7.85. The van der Waals surface area contributed by atoms with Crippen LogP contribution < -0.4 is 15.2 Å². The zero-order valence-electron chi connectivity index (χ0n) is 11.0. The van der Waals surface area contributed by atoms with Gasteiger partial charge in [0, 0.05) is 11.8 Å². The number of benzene rings is 1. The van der Waals surface area contributed by atoms with E-state index in [1.807, 2.05) is 31.2 Å². The van der Waals surface area contributed by atoms with Gasteiger partial charge in [-0.05, 0) is 31.2 Å². The van der Waals surface area contributed by atoms with Crippen LogP contribution in [-0.4, -0.2) is 15.0 Å². The van der Waals surface area contributed by atoms with Crippen LogP contribution in [0.25, 0.3) is 0 Å². The maximum atomic E-state index is 11.1. The molecule has 0 unspecified atom stereocenters. The van der Waals surface area contributed by atoms with Crippen LogP contribution in [0.4, 0.5) is 5.69 Å². The summed E-state index contributed by atoms with van der Waals surface area (Å²) in [6, 6.07) is 10.4. The molecule has 0 aliphatic heterocycles. The van der Waals surface area contributed by atoms with Gasteiger partial charge in [0.1, 0.15) is 11.5 Å². The van der Waals surface area contributed by atoms with Crippen LogP contribution in [0.15, 0.2) is 45.9 Å². The lowest BCUT2D eigenvalue weighted by Crippen LogP contribution is -2.10. The Labute approximate surface area is 117 Å². The Balaban J connectivity index is 2.02. The molecular formula is C13H16N2O4S. The number of furan rings is 1. The molecule has 0 aliphatic rings. The van der Waals surface area contributed by atoms with E-state index in [9.17, 15) is 8.42 Å². The Hall–Kier alpha value is -1.99. The van der Waals surface area contributed by atoms with Gasteiger partial charge in [-0.3, -0.25) is 0 Å². The van der Waals surface area contributed by atoms with Crippen LogP contribution in [0, 0.1) is 0 Å². The molecule has 0 bridgehead atoms. The summed E-state index contributed by atoms with van der Waals surface area (Å²) >= 11 is 0. The fraction of sp³-hybridized carbons (Fsp3) is 0.231. The second-order valence-electron chi connectivity index (χ2n) is 4.08. The Morgan fingerprint density at radius 3 is 2.75 bits per heavy atom. The Bertz CT molecular complexity index is 679. The predicted molar refractivity (Wildman–Crippen MR) is 75.0 cm³/mol. The summed E-state index contributed by atoms with van der Waals surface area (Å²) < 4.78 is 32.7. The molecule has 0 spiro atoms. The van der Waals surface area contributed by atoms with E-state index in [0.717, 1.165) is 11.4 Å². The van der Waals surface area contributed by atoms with Crippen LogP contribution in [0.3, 0.4) is 0 Å². The van der Waals surface area contributed by atoms with Crippen molar-refractivity contribution in [2.45, 2.75) is 18.6 Å². The Morgan fingerprint density at radius 2 is 2.10 bits per heavy atom. The van der Waals surface area contributed by atoms with Gasteiger partial charge in [-0.25, -0.2) is 13.6 Å². The lowest BCUT2D eigenvalue weighted by molar-refractivity contribution is 0.340. The fourth-order valence-corrected chi connectivity index (χ4v) is 2.14. The summed E-state index contributed by atoms with van der Waals surface area (Å²) in [5.74, 6) is 1.25. The van der Waals surface area contributed by atoms with E-state index in [0.29, 0.717) is 18.9 Å². The number of primary sulfonamides is 1. The van der Waals surface area contributed by atoms with Crippen molar-refractivity contribution < 1.29 is 17.6 Å². The maximum absolute atomic E-state index is 11.1. The number of hydrogen-bond acceptors (Lipinski definition) is 5. The van der Waals surface area contributed by atoms with Gasteiger partial charge in [-0.15, -0.1) is 0 Å². The number of rotatable bonds is 6. The number of sulfonamides is 1. The van der Waals surface area contributed by atoms with E-state index in [-0.39, 0.29) is 5.09 Å². The van der Waals surface area contributed by atoms with Crippen LogP contribution in [0.5, 0.6) is 5.75 Å². The molecule has 0 saturated heterocycles. The molecule has 7 heteroatoms. The molecule has 0 radical (unpaired) electrons. The normalized spacial score (nSPS) is 11.3. The van der Waals surface area contributed by atoms with Gasteiger partial charge >= 0.3 is 0 Å². The number of ether oxygens (including phenoxy) is 1. The molecule has 0 aliphatic carbocycles. The fourth-order valence-electron chi connectivity index (χ4n) is 1.66. The van der Waals surface area contributed by atoms with Gasteiger partial charge in [0.05, 0.1) is 13.2 Å². The summed E-state index contributed by atoms with van der Waals surface area (Å²) in [6.45, 7) is 2.86. The average Bonchev–Trinajstić information content (AvgIpc) is 2.86. The minimum absolute atomic E-state index is 0.239. The molecule has 1 aromatic heterocycles. The van der Waals surface area contributed by atoms with E-state index in [4.69, 9.17) is 14.3 Å². The molecule has 108 valence electrons. The van der Waals surface area contributed by atoms with Crippen LogP contribution in [0.1, 0.15) is 12.7 Å². The minimum Gasteiger partial charge on any atom is -0.494 e. The topological polar surface area (TPSA) is 94.6 Å². The molecule has 2 rings (SSSR count). The highest BCUT2D eigenvalue weighted by molar-refractivity contribution is 7.89. The van der Waals surface area contributed by atoms with Crippen molar-refractivity contribution in [3.63, 3.8) is 0 Å². The standard InChI is InChI=1S/C13H16N2O4S/c1-2-18-11-5-3-4-10(8-11)15-9-12-6-7-13(19-12)20(14,16)17/h3-8,15H,2,9H2,1H3,(H2,14,16,17). The first-order chi connectivity index (χ1) is 9.49. The quantitative estimate of drug-likeness (QED) is 0.849. The van der Waals surface area contributed by atoms with Crippen molar-refractivity contribution in [2.24, 2.45) is 5.14 Å². The molecule has 0 saturated carbocycles. The van der Waals surface area contributed by atoms with Crippen LogP contribution in [-0.2, 0) is 16.6 Å². The summed E-state index contributed by atoms with van der Waals surface area (Å²) in [5.41, 5.74) is 0.851. The molecule has 0 amide bonds. The third-order valence-corrected chi connectivity index (χ3v) is 3.31. The molecule has 1 aromatic carbocycles.